The number of rotatable bonds is 5. The minimum Gasteiger partial charge on any atom is -0.370 e. The van der Waals surface area contributed by atoms with E-state index in [4.69, 9.17) is 5.26 Å². The van der Waals surface area contributed by atoms with Gasteiger partial charge in [-0.05, 0) is 55.7 Å². The topological polar surface area (TPSA) is 84.7 Å². The quantitative estimate of drug-likeness (QED) is 0.688. The number of nitriles is 1. The van der Waals surface area contributed by atoms with E-state index >= 15 is 0 Å². The molecule has 0 radical (unpaired) electrons. The van der Waals surface area contributed by atoms with Crippen LogP contribution in [0.3, 0.4) is 0 Å². The third-order valence-electron chi connectivity index (χ3n) is 5.83. The molecule has 7 nitrogen and oxygen atoms in total. The van der Waals surface area contributed by atoms with Crippen LogP contribution in [-0.4, -0.2) is 62.8 Å². The van der Waals surface area contributed by atoms with Crippen molar-refractivity contribution in [1.29, 1.82) is 5.26 Å². The molecular formula is C22H26N4O3S2. The predicted molar refractivity (Wildman–Crippen MR) is 121 cm³/mol. The fraction of sp³-hybridized carbons (Fsp3) is 0.455. The maximum Gasteiger partial charge on any atom is 0.252 e. The van der Waals surface area contributed by atoms with E-state index in [1.54, 1.807) is 12.1 Å². The average Bonchev–Trinajstić information content (AvgIpc) is 3.43. The van der Waals surface area contributed by atoms with Crippen molar-refractivity contribution in [2.45, 2.75) is 29.9 Å². The summed E-state index contributed by atoms with van der Waals surface area (Å²) in [6.45, 7) is 4.07. The number of carbonyl (C=O) groups excluding carboxylic acids is 1. The Bertz CT molecular complexity index is 1070. The van der Waals surface area contributed by atoms with Crippen LogP contribution in [0, 0.1) is 11.3 Å². The van der Waals surface area contributed by atoms with E-state index in [1.165, 1.54) is 15.6 Å². The molecule has 2 aliphatic rings. The molecule has 164 valence electrons. The van der Waals surface area contributed by atoms with E-state index in [9.17, 15) is 13.2 Å². The van der Waals surface area contributed by atoms with Crippen LogP contribution in [0.2, 0.25) is 0 Å². The molecule has 0 spiro atoms. The van der Waals surface area contributed by atoms with Crippen molar-refractivity contribution in [3.63, 3.8) is 0 Å². The molecule has 0 aliphatic carbocycles. The van der Waals surface area contributed by atoms with Gasteiger partial charge in [-0.1, -0.05) is 0 Å². The Morgan fingerprint density at radius 3 is 2.39 bits per heavy atom. The van der Waals surface area contributed by atoms with Gasteiger partial charge in [0.25, 0.3) is 10.0 Å². The highest BCUT2D eigenvalue weighted by molar-refractivity contribution is 7.91. The molecule has 1 amide bonds. The second kappa shape index (κ2) is 9.39. The zero-order valence-corrected chi connectivity index (χ0v) is 19.0. The van der Waals surface area contributed by atoms with Crippen LogP contribution in [0.25, 0.3) is 0 Å². The number of nitrogens with zero attached hydrogens (tertiary/aromatic N) is 4. The van der Waals surface area contributed by atoms with E-state index in [2.05, 4.69) is 11.0 Å². The summed E-state index contributed by atoms with van der Waals surface area (Å²) in [6.07, 6.45) is 2.91. The van der Waals surface area contributed by atoms with Crippen LogP contribution in [0.1, 0.15) is 29.7 Å². The maximum absolute atomic E-state index is 12.9. The van der Waals surface area contributed by atoms with Gasteiger partial charge in [0.1, 0.15) is 4.21 Å². The highest BCUT2D eigenvalue weighted by atomic mass is 32.2. The number of anilines is 1. The minimum absolute atomic E-state index is 0.0358. The lowest BCUT2D eigenvalue weighted by Gasteiger charge is -2.23. The van der Waals surface area contributed by atoms with E-state index in [1.807, 2.05) is 29.2 Å². The van der Waals surface area contributed by atoms with Gasteiger partial charge < -0.3 is 9.80 Å². The minimum atomic E-state index is -3.43. The Hall–Kier alpha value is -2.41. The van der Waals surface area contributed by atoms with Crippen molar-refractivity contribution in [3.8, 4) is 6.07 Å². The second-order valence-electron chi connectivity index (χ2n) is 7.89. The smallest absolute Gasteiger partial charge is 0.252 e. The first-order chi connectivity index (χ1) is 15.0. The van der Waals surface area contributed by atoms with Gasteiger partial charge in [0.15, 0.2) is 0 Å². The lowest BCUT2D eigenvalue weighted by atomic mass is 10.2. The van der Waals surface area contributed by atoms with Crippen LogP contribution in [0.4, 0.5) is 5.69 Å². The summed E-state index contributed by atoms with van der Waals surface area (Å²) >= 11 is 1.21. The molecule has 2 aliphatic heterocycles. The highest BCUT2D eigenvalue weighted by Crippen LogP contribution is 2.28. The van der Waals surface area contributed by atoms with Crippen molar-refractivity contribution < 1.29 is 13.2 Å². The van der Waals surface area contributed by atoms with Crippen molar-refractivity contribution >= 4 is 33.0 Å². The monoisotopic (exact) mass is 458 g/mol. The van der Waals surface area contributed by atoms with Gasteiger partial charge in [-0.3, -0.25) is 4.79 Å². The van der Waals surface area contributed by atoms with Gasteiger partial charge >= 0.3 is 0 Å². The van der Waals surface area contributed by atoms with Crippen molar-refractivity contribution in [1.82, 2.24) is 9.21 Å². The standard InChI is InChI=1S/C22H26N4O3S2/c23-17-18-4-6-19(7-5-18)24-10-3-11-25(15-14-24)21(27)16-20-8-9-22(30-20)31(28,29)26-12-1-2-13-26/h4-9H,1-3,10-16H2. The predicted octanol–water partition coefficient (Wildman–Crippen LogP) is 2.69. The summed E-state index contributed by atoms with van der Waals surface area (Å²) in [5, 5.41) is 8.96. The van der Waals surface area contributed by atoms with Crippen LogP contribution >= 0.6 is 11.3 Å². The summed E-state index contributed by atoms with van der Waals surface area (Å²) in [7, 11) is -3.43. The van der Waals surface area contributed by atoms with E-state index in [0.717, 1.165) is 42.9 Å². The molecule has 0 atom stereocenters. The number of sulfonamides is 1. The van der Waals surface area contributed by atoms with Crippen LogP contribution in [0.15, 0.2) is 40.6 Å². The van der Waals surface area contributed by atoms with Gasteiger partial charge in [-0.15, -0.1) is 11.3 Å². The van der Waals surface area contributed by atoms with E-state index in [0.29, 0.717) is 36.0 Å². The SMILES string of the molecule is N#Cc1ccc(N2CCCN(C(=O)Cc3ccc(S(=O)(=O)N4CCCC4)s3)CC2)cc1. The number of benzene rings is 1. The van der Waals surface area contributed by atoms with Gasteiger partial charge in [-0.2, -0.15) is 9.57 Å². The van der Waals surface area contributed by atoms with Gasteiger partial charge in [0.2, 0.25) is 5.91 Å². The van der Waals surface area contributed by atoms with Crippen LogP contribution in [0.5, 0.6) is 0 Å². The number of hydrogen-bond acceptors (Lipinski definition) is 6. The first-order valence-electron chi connectivity index (χ1n) is 10.6. The Morgan fingerprint density at radius 1 is 0.935 bits per heavy atom. The summed E-state index contributed by atoms with van der Waals surface area (Å²) < 4.78 is 27.3. The van der Waals surface area contributed by atoms with Gasteiger partial charge in [-0.25, -0.2) is 8.42 Å². The van der Waals surface area contributed by atoms with Crippen molar-refractivity contribution in [3.05, 3.63) is 46.8 Å². The Labute approximate surface area is 187 Å². The van der Waals surface area contributed by atoms with Crippen LogP contribution < -0.4 is 4.90 Å². The lowest BCUT2D eigenvalue weighted by Crippen LogP contribution is -2.36. The second-order valence-corrected chi connectivity index (χ2v) is 11.2. The molecule has 0 saturated carbocycles. The fourth-order valence-electron chi connectivity index (χ4n) is 4.08. The molecule has 0 bridgehead atoms. The fourth-order valence-corrected chi connectivity index (χ4v) is 7.10. The maximum atomic E-state index is 12.9. The molecule has 0 unspecified atom stereocenters. The Kier molecular flexibility index (Phi) is 6.60. The number of hydrogen-bond donors (Lipinski definition) is 0. The summed E-state index contributed by atoms with van der Waals surface area (Å²) in [5.74, 6) is 0.0358. The highest BCUT2D eigenvalue weighted by Gasteiger charge is 2.29. The summed E-state index contributed by atoms with van der Waals surface area (Å²) in [4.78, 5) is 17.8. The molecule has 31 heavy (non-hydrogen) atoms. The lowest BCUT2D eigenvalue weighted by molar-refractivity contribution is -0.130. The van der Waals surface area contributed by atoms with E-state index < -0.39 is 10.0 Å². The molecule has 4 rings (SSSR count). The molecule has 2 aromatic rings. The number of thiophene rings is 1. The molecule has 1 aromatic carbocycles. The van der Waals surface area contributed by atoms with Crippen LogP contribution in [-0.2, 0) is 21.2 Å². The molecule has 1 aromatic heterocycles. The molecular weight excluding hydrogens is 432 g/mol. The van der Waals surface area contributed by atoms with Crippen molar-refractivity contribution in [2.24, 2.45) is 0 Å². The molecule has 0 N–H and O–H groups in total. The normalized spacial score (nSPS) is 18.0. The first-order valence-corrected chi connectivity index (χ1v) is 12.8. The van der Waals surface area contributed by atoms with Crippen molar-refractivity contribution in [2.75, 3.05) is 44.2 Å². The first kappa shape index (κ1) is 21.8. The Morgan fingerprint density at radius 2 is 1.68 bits per heavy atom. The molecule has 2 fully saturated rings. The Balaban J connectivity index is 1.36. The molecule has 9 heteroatoms. The largest absolute Gasteiger partial charge is 0.370 e. The zero-order chi connectivity index (χ0) is 21.8. The van der Waals surface area contributed by atoms with Gasteiger partial charge in [0, 0.05) is 49.8 Å². The van der Waals surface area contributed by atoms with Gasteiger partial charge in [0.05, 0.1) is 18.1 Å². The third-order valence-corrected chi connectivity index (χ3v) is 9.28. The third kappa shape index (κ3) is 4.92. The van der Waals surface area contributed by atoms with E-state index in [-0.39, 0.29) is 12.3 Å². The number of amides is 1. The molecule has 3 heterocycles. The molecule has 2 saturated heterocycles. The summed E-state index contributed by atoms with van der Waals surface area (Å²) in [5.41, 5.74) is 1.70. The zero-order valence-electron chi connectivity index (χ0n) is 17.4. The number of carbonyl (C=O) groups is 1. The summed E-state index contributed by atoms with van der Waals surface area (Å²) in [6, 6.07) is 13.1. The average molecular weight is 459 g/mol.